The largest absolute Gasteiger partial charge is 0.481 e. The lowest BCUT2D eigenvalue weighted by Gasteiger charge is -2.03. The first-order valence-electron chi connectivity index (χ1n) is 4.47. The third-order valence-electron chi connectivity index (χ3n) is 2.05. The molecule has 12 heavy (non-hydrogen) atoms. The van der Waals surface area contributed by atoms with E-state index in [4.69, 9.17) is 5.11 Å². The van der Waals surface area contributed by atoms with E-state index in [0.717, 1.165) is 12.8 Å². The summed E-state index contributed by atoms with van der Waals surface area (Å²) in [6.45, 7) is 5.99. The second kappa shape index (κ2) is 5.81. The van der Waals surface area contributed by atoms with Gasteiger partial charge in [-0.2, -0.15) is 0 Å². The van der Waals surface area contributed by atoms with Crippen molar-refractivity contribution >= 4 is 5.97 Å². The average Bonchev–Trinajstić information content (AvgIpc) is 2.03. The van der Waals surface area contributed by atoms with E-state index < -0.39 is 5.97 Å². The van der Waals surface area contributed by atoms with E-state index in [9.17, 15) is 4.79 Å². The molecule has 0 aliphatic rings. The molecule has 0 saturated carbocycles. The molecule has 0 aromatic heterocycles. The van der Waals surface area contributed by atoms with Crippen molar-refractivity contribution < 1.29 is 9.90 Å². The number of carboxylic acids is 1. The molecule has 2 unspecified atom stereocenters. The number of carbonyl (C=O) groups is 1. The molecular formula is C10H18O2. The predicted octanol–water partition coefficient (Wildman–Crippen LogP) is 2.70. The Kier molecular flexibility index (Phi) is 5.43. The highest BCUT2D eigenvalue weighted by molar-refractivity contribution is 5.71. The number of allylic oxidation sites excluding steroid dienone is 1. The van der Waals surface area contributed by atoms with Gasteiger partial charge in [0, 0.05) is 0 Å². The zero-order valence-corrected chi connectivity index (χ0v) is 8.08. The minimum Gasteiger partial charge on any atom is -0.481 e. The van der Waals surface area contributed by atoms with Crippen LogP contribution < -0.4 is 0 Å². The second-order valence-electron chi connectivity index (χ2n) is 3.30. The fourth-order valence-corrected chi connectivity index (χ4v) is 0.764. The summed E-state index contributed by atoms with van der Waals surface area (Å²) in [5.74, 6) is -0.452. The van der Waals surface area contributed by atoms with Gasteiger partial charge in [0.25, 0.3) is 0 Å². The number of rotatable bonds is 5. The Hall–Kier alpha value is -0.790. The summed E-state index contributed by atoms with van der Waals surface area (Å²) >= 11 is 0. The number of hydrogen-bond donors (Lipinski definition) is 1. The highest BCUT2D eigenvalue weighted by atomic mass is 16.4. The van der Waals surface area contributed by atoms with Crippen LogP contribution in [0, 0.1) is 11.8 Å². The topological polar surface area (TPSA) is 37.3 Å². The molecule has 0 radical (unpaired) electrons. The molecule has 0 aromatic rings. The molecule has 70 valence electrons. The average molecular weight is 170 g/mol. The summed E-state index contributed by atoms with van der Waals surface area (Å²) in [5.41, 5.74) is 0. The quantitative estimate of drug-likeness (QED) is 0.644. The Morgan fingerprint density at radius 3 is 2.50 bits per heavy atom. The lowest BCUT2D eigenvalue weighted by Crippen LogP contribution is -2.05. The molecular weight excluding hydrogens is 152 g/mol. The molecule has 0 spiro atoms. The van der Waals surface area contributed by atoms with Crippen molar-refractivity contribution in [2.75, 3.05) is 0 Å². The van der Waals surface area contributed by atoms with Gasteiger partial charge < -0.3 is 5.11 Å². The third kappa shape index (κ3) is 4.94. The Balaban J connectivity index is 3.68. The van der Waals surface area contributed by atoms with E-state index in [0.29, 0.717) is 5.92 Å². The van der Waals surface area contributed by atoms with E-state index in [1.165, 1.54) is 0 Å². The van der Waals surface area contributed by atoms with Crippen molar-refractivity contribution in [1.29, 1.82) is 0 Å². The normalized spacial score (nSPS) is 16.2. The van der Waals surface area contributed by atoms with Gasteiger partial charge in [0.1, 0.15) is 0 Å². The summed E-state index contributed by atoms with van der Waals surface area (Å²) in [5, 5.41) is 8.55. The van der Waals surface area contributed by atoms with Gasteiger partial charge in [0.2, 0.25) is 0 Å². The first kappa shape index (κ1) is 11.2. The first-order valence-corrected chi connectivity index (χ1v) is 4.47. The van der Waals surface area contributed by atoms with Crippen molar-refractivity contribution in [2.24, 2.45) is 11.8 Å². The molecule has 0 heterocycles. The lowest BCUT2D eigenvalue weighted by molar-refractivity contribution is -0.139. The third-order valence-corrected chi connectivity index (χ3v) is 2.05. The number of hydrogen-bond acceptors (Lipinski definition) is 1. The van der Waals surface area contributed by atoms with E-state index in [1.807, 2.05) is 6.08 Å². The first-order chi connectivity index (χ1) is 5.57. The standard InChI is InChI=1S/C10H18O2/c1-4-8(2)6-5-7-9(3)10(11)12/h5,7-9H,4,6H2,1-3H3,(H,11,12)/b7-5+. The molecule has 0 bridgehead atoms. The molecule has 0 saturated heterocycles. The van der Waals surface area contributed by atoms with Crippen LogP contribution in [0.1, 0.15) is 33.6 Å². The maximum Gasteiger partial charge on any atom is 0.310 e. The lowest BCUT2D eigenvalue weighted by atomic mass is 10.0. The van der Waals surface area contributed by atoms with Gasteiger partial charge in [-0.3, -0.25) is 4.79 Å². The van der Waals surface area contributed by atoms with Crippen molar-refractivity contribution in [1.82, 2.24) is 0 Å². The molecule has 0 fully saturated rings. The molecule has 2 atom stereocenters. The summed E-state index contributed by atoms with van der Waals surface area (Å²) in [7, 11) is 0. The van der Waals surface area contributed by atoms with Gasteiger partial charge in [-0.25, -0.2) is 0 Å². The zero-order chi connectivity index (χ0) is 9.56. The monoisotopic (exact) mass is 170 g/mol. The Morgan fingerprint density at radius 2 is 2.08 bits per heavy atom. The van der Waals surface area contributed by atoms with E-state index in [1.54, 1.807) is 13.0 Å². The van der Waals surface area contributed by atoms with Crippen LogP contribution in [0.3, 0.4) is 0 Å². The van der Waals surface area contributed by atoms with Crippen molar-refractivity contribution in [3.63, 3.8) is 0 Å². The molecule has 1 N–H and O–H groups in total. The fraction of sp³-hybridized carbons (Fsp3) is 0.700. The van der Waals surface area contributed by atoms with Crippen LogP contribution in [0.4, 0.5) is 0 Å². The van der Waals surface area contributed by atoms with Crippen LogP contribution in [-0.4, -0.2) is 11.1 Å². The second-order valence-corrected chi connectivity index (χ2v) is 3.30. The molecule has 0 aliphatic heterocycles. The molecule has 0 amide bonds. The maximum absolute atomic E-state index is 10.4. The van der Waals surface area contributed by atoms with Gasteiger partial charge in [-0.1, -0.05) is 32.4 Å². The van der Waals surface area contributed by atoms with Gasteiger partial charge in [-0.15, -0.1) is 0 Å². The van der Waals surface area contributed by atoms with E-state index >= 15 is 0 Å². The number of carboxylic acid groups (broad SMARTS) is 1. The molecule has 2 nitrogen and oxygen atoms in total. The van der Waals surface area contributed by atoms with Crippen molar-refractivity contribution in [3.05, 3.63) is 12.2 Å². The minimum absolute atomic E-state index is 0.353. The van der Waals surface area contributed by atoms with Crippen LogP contribution in [0.2, 0.25) is 0 Å². The Morgan fingerprint density at radius 1 is 1.50 bits per heavy atom. The summed E-state index contributed by atoms with van der Waals surface area (Å²) in [4.78, 5) is 10.4. The van der Waals surface area contributed by atoms with Crippen LogP contribution in [0.25, 0.3) is 0 Å². The molecule has 0 aromatic carbocycles. The Bertz CT molecular complexity index is 161. The van der Waals surface area contributed by atoms with Gasteiger partial charge in [-0.05, 0) is 19.3 Å². The predicted molar refractivity (Wildman–Crippen MR) is 50.0 cm³/mol. The van der Waals surface area contributed by atoms with Gasteiger partial charge in [0.15, 0.2) is 0 Å². The molecule has 0 rings (SSSR count). The summed E-state index contributed by atoms with van der Waals surface area (Å²) < 4.78 is 0. The Labute approximate surface area is 74.3 Å². The van der Waals surface area contributed by atoms with Crippen LogP contribution in [0.5, 0.6) is 0 Å². The van der Waals surface area contributed by atoms with Gasteiger partial charge in [0.05, 0.1) is 5.92 Å². The highest BCUT2D eigenvalue weighted by Crippen LogP contribution is 2.08. The smallest absolute Gasteiger partial charge is 0.310 e. The zero-order valence-electron chi connectivity index (χ0n) is 8.08. The fourth-order valence-electron chi connectivity index (χ4n) is 0.764. The van der Waals surface area contributed by atoms with Crippen molar-refractivity contribution in [3.8, 4) is 0 Å². The summed E-state index contributed by atoms with van der Waals surface area (Å²) in [6.07, 6.45) is 5.85. The highest BCUT2D eigenvalue weighted by Gasteiger charge is 2.04. The molecule has 0 aliphatic carbocycles. The van der Waals surface area contributed by atoms with Crippen LogP contribution in [0.15, 0.2) is 12.2 Å². The maximum atomic E-state index is 10.4. The van der Waals surface area contributed by atoms with Gasteiger partial charge >= 0.3 is 5.97 Å². The van der Waals surface area contributed by atoms with Crippen LogP contribution >= 0.6 is 0 Å². The van der Waals surface area contributed by atoms with E-state index in [2.05, 4.69) is 13.8 Å². The minimum atomic E-state index is -0.754. The SMILES string of the molecule is CCC(C)C/C=C/C(C)C(=O)O. The summed E-state index contributed by atoms with van der Waals surface area (Å²) in [6, 6.07) is 0. The number of aliphatic carboxylic acids is 1. The molecule has 2 heteroatoms. The van der Waals surface area contributed by atoms with Crippen molar-refractivity contribution in [2.45, 2.75) is 33.6 Å². The van der Waals surface area contributed by atoms with Crippen LogP contribution in [-0.2, 0) is 4.79 Å². The van der Waals surface area contributed by atoms with E-state index in [-0.39, 0.29) is 5.92 Å².